The molecule has 32 heavy (non-hydrogen) atoms. The number of rotatable bonds is 7. The molecule has 0 radical (unpaired) electrons. The number of piperazine rings is 1. The monoisotopic (exact) mass is 446 g/mol. The van der Waals surface area contributed by atoms with Crippen LogP contribution >= 0.6 is 0 Å². The van der Waals surface area contributed by atoms with Crippen molar-refractivity contribution >= 4 is 17.8 Å². The largest absolute Gasteiger partial charge is 0.354 e. The standard InChI is InChI=1S/C22H31FN6O3/c1-13(2)26-22(32)27-15-8-16-11-28(12-18-17(23)4-3-7-24-18)19(21(31)29(16)10-15)9-25-20(30)14-5-6-14/h3-4,7,13-16,19H,5-6,8-12H2,1-2H3,(H,25,30)(H2,26,27,32)/t15-,16-,19-/m0/s1. The molecule has 0 bridgehead atoms. The molecule has 0 spiro atoms. The first kappa shape index (κ1) is 22.4. The first-order valence-corrected chi connectivity index (χ1v) is 11.3. The predicted octanol–water partition coefficient (Wildman–Crippen LogP) is 0.608. The fourth-order valence-corrected chi connectivity index (χ4v) is 4.50. The summed E-state index contributed by atoms with van der Waals surface area (Å²) in [5, 5.41) is 8.65. The minimum Gasteiger partial charge on any atom is -0.354 e. The average molecular weight is 447 g/mol. The summed E-state index contributed by atoms with van der Waals surface area (Å²) < 4.78 is 14.3. The van der Waals surface area contributed by atoms with E-state index in [1.807, 2.05) is 18.7 Å². The van der Waals surface area contributed by atoms with Gasteiger partial charge in [-0.1, -0.05) is 0 Å². The van der Waals surface area contributed by atoms with E-state index in [-0.39, 0.29) is 60.7 Å². The predicted molar refractivity (Wildman–Crippen MR) is 115 cm³/mol. The third kappa shape index (κ3) is 5.17. The van der Waals surface area contributed by atoms with Crippen LogP contribution < -0.4 is 16.0 Å². The van der Waals surface area contributed by atoms with Gasteiger partial charge in [-0.3, -0.25) is 19.5 Å². The van der Waals surface area contributed by atoms with Crippen LogP contribution in [0.4, 0.5) is 9.18 Å². The SMILES string of the molecule is CC(C)NC(=O)N[C@H]1C[C@H]2CN(Cc3ncccc3F)[C@@H](CNC(=O)C3CC3)C(=O)N2C1. The first-order valence-electron chi connectivity index (χ1n) is 11.3. The molecule has 4 rings (SSSR count). The summed E-state index contributed by atoms with van der Waals surface area (Å²) in [7, 11) is 0. The van der Waals surface area contributed by atoms with Crippen molar-refractivity contribution in [3.63, 3.8) is 0 Å². The van der Waals surface area contributed by atoms with E-state index in [0.29, 0.717) is 19.5 Å². The van der Waals surface area contributed by atoms with Crippen LogP contribution in [0.15, 0.2) is 18.3 Å². The number of amides is 4. The Morgan fingerprint density at radius 2 is 2.06 bits per heavy atom. The van der Waals surface area contributed by atoms with Gasteiger partial charge in [-0.25, -0.2) is 9.18 Å². The van der Waals surface area contributed by atoms with Gasteiger partial charge in [-0.15, -0.1) is 0 Å². The quantitative estimate of drug-likeness (QED) is 0.569. The highest BCUT2D eigenvalue weighted by atomic mass is 19.1. The van der Waals surface area contributed by atoms with Gasteiger partial charge < -0.3 is 20.9 Å². The molecule has 9 nitrogen and oxygen atoms in total. The maximum atomic E-state index is 14.3. The van der Waals surface area contributed by atoms with E-state index in [9.17, 15) is 18.8 Å². The lowest BCUT2D eigenvalue weighted by Gasteiger charge is -2.42. The Labute approximate surface area is 187 Å². The number of nitrogens with one attached hydrogen (secondary N) is 3. The number of fused-ring (bicyclic) bond motifs is 1. The lowest BCUT2D eigenvalue weighted by molar-refractivity contribution is -0.144. The van der Waals surface area contributed by atoms with E-state index in [1.165, 1.54) is 18.3 Å². The minimum atomic E-state index is -0.599. The van der Waals surface area contributed by atoms with Gasteiger partial charge in [0.05, 0.1) is 11.7 Å². The first-order chi connectivity index (χ1) is 15.3. The Bertz CT molecular complexity index is 877. The number of nitrogens with zero attached hydrogens (tertiary/aromatic N) is 3. The van der Waals surface area contributed by atoms with Gasteiger partial charge in [-0.05, 0) is 45.2 Å². The molecule has 2 saturated heterocycles. The van der Waals surface area contributed by atoms with Crippen molar-refractivity contribution in [2.45, 2.75) is 63.8 Å². The topological polar surface area (TPSA) is 107 Å². The van der Waals surface area contributed by atoms with Crippen molar-refractivity contribution in [3.8, 4) is 0 Å². The Hall–Kier alpha value is -2.75. The van der Waals surface area contributed by atoms with Crippen LogP contribution in [0.25, 0.3) is 0 Å². The van der Waals surface area contributed by atoms with Crippen LogP contribution in [0, 0.1) is 11.7 Å². The fourth-order valence-electron chi connectivity index (χ4n) is 4.50. The zero-order chi connectivity index (χ0) is 22.8. The van der Waals surface area contributed by atoms with E-state index in [4.69, 9.17) is 0 Å². The van der Waals surface area contributed by atoms with E-state index in [2.05, 4.69) is 20.9 Å². The van der Waals surface area contributed by atoms with Crippen molar-refractivity contribution in [1.29, 1.82) is 0 Å². The Balaban J connectivity index is 1.46. The van der Waals surface area contributed by atoms with Crippen molar-refractivity contribution in [1.82, 2.24) is 30.7 Å². The number of hydrogen-bond donors (Lipinski definition) is 3. The van der Waals surface area contributed by atoms with Crippen molar-refractivity contribution in [2.75, 3.05) is 19.6 Å². The molecule has 1 aliphatic carbocycles. The van der Waals surface area contributed by atoms with Gasteiger partial charge in [0.1, 0.15) is 11.9 Å². The zero-order valence-corrected chi connectivity index (χ0v) is 18.5. The third-order valence-corrected chi connectivity index (χ3v) is 6.23. The maximum absolute atomic E-state index is 14.3. The second-order valence-corrected chi connectivity index (χ2v) is 9.25. The molecule has 2 aliphatic heterocycles. The fraction of sp³-hybridized carbons (Fsp3) is 0.636. The van der Waals surface area contributed by atoms with E-state index in [0.717, 1.165) is 12.8 Å². The summed E-state index contributed by atoms with van der Waals surface area (Å²) in [6.07, 6.45) is 3.92. The smallest absolute Gasteiger partial charge is 0.315 e. The molecule has 1 saturated carbocycles. The number of urea groups is 1. The summed E-state index contributed by atoms with van der Waals surface area (Å²) in [5.41, 5.74) is 0.274. The molecule has 3 heterocycles. The van der Waals surface area contributed by atoms with Gasteiger partial charge in [0.2, 0.25) is 11.8 Å². The van der Waals surface area contributed by atoms with Crippen LogP contribution in [0.2, 0.25) is 0 Å². The second kappa shape index (κ2) is 9.40. The highest BCUT2D eigenvalue weighted by Crippen LogP contribution is 2.30. The molecule has 3 fully saturated rings. The minimum absolute atomic E-state index is 0.0174. The molecule has 3 aliphatic rings. The van der Waals surface area contributed by atoms with Crippen molar-refractivity contribution in [3.05, 3.63) is 29.8 Å². The number of carbonyl (C=O) groups is 3. The van der Waals surface area contributed by atoms with Crippen LogP contribution in [0.3, 0.4) is 0 Å². The molecule has 3 atom stereocenters. The Morgan fingerprint density at radius 3 is 2.75 bits per heavy atom. The molecule has 1 aromatic rings. The number of carbonyl (C=O) groups excluding carboxylic acids is 3. The van der Waals surface area contributed by atoms with Crippen molar-refractivity contribution < 1.29 is 18.8 Å². The number of pyridine rings is 1. The molecule has 10 heteroatoms. The number of aromatic nitrogens is 1. The number of halogens is 1. The van der Waals surface area contributed by atoms with E-state index in [1.54, 1.807) is 4.90 Å². The van der Waals surface area contributed by atoms with Gasteiger partial charge in [-0.2, -0.15) is 0 Å². The third-order valence-electron chi connectivity index (χ3n) is 6.23. The molecule has 0 unspecified atom stereocenters. The average Bonchev–Trinajstić information content (AvgIpc) is 3.50. The maximum Gasteiger partial charge on any atom is 0.315 e. The molecular formula is C22H31FN6O3. The van der Waals surface area contributed by atoms with Gasteiger partial charge >= 0.3 is 6.03 Å². The summed E-state index contributed by atoms with van der Waals surface area (Å²) in [5.74, 6) is -0.514. The summed E-state index contributed by atoms with van der Waals surface area (Å²) in [4.78, 5) is 45.5. The van der Waals surface area contributed by atoms with Crippen LogP contribution in [-0.4, -0.2) is 76.4 Å². The van der Waals surface area contributed by atoms with E-state index >= 15 is 0 Å². The van der Waals surface area contributed by atoms with Crippen LogP contribution in [-0.2, 0) is 16.1 Å². The number of hydrogen-bond acceptors (Lipinski definition) is 5. The van der Waals surface area contributed by atoms with E-state index < -0.39 is 11.9 Å². The van der Waals surface area contributed by atoms with Gasteiger partial charge in [0.15, 0.2) is 0 Å². The lowest BCUT2D eigenvalue weighted by Crippen LogP contribution is -2.62. The molecule has 1 aromatic heterocycles. The Kier molecular flexibility index (Phi) is 6.59. The molecule has 3 N–H and O–H groups in total. The normalized spacial score (nSPS) is 25.6. The van der Waals surface area contributed by atoms with Gasteiger partial charge in [0.25, 0.3) is 0 Å². The summed E-state index contributed by atoms with van der Waals surface area (Å²) >= 11 is 0. The highest BCUT2D eigenvalue weighted by Gasteiger charge is 2.46. The highest BCUT2D eigenvalue weighted by molar-refractivity contribution is 5.86. The molecule has 0 aromatic carbocycles. The van der Waals surface area contributed by atoms with Crippen LogP contribution in [0.1, 0.15) is 38.8 Å². The summed E-state index contributed by atoms with van der Waals surface area (Å²) in [6.45, 7) is 5.08. The Morgan fingerprint density at radius 1 is 1.28 bits per heavy atom. The molecule has 174 valence electrons. The molecule has 4 amide bonds. The zero-order valence-electron chi connectivity index (χ0n) is 18.5. The molecular weight excluding hydrogens is 415 g/mol. The van der Waals surface area contributed by atoms with Crippen molar-refractivity contribution in [2.24, 2.45) is 5.92 Å². The lowest BCUT2D eigenvalue weighted by atomic mass is 10.0. The van der Waals surface area contributed by atoms with Gasteiger partial charge in [0, 0.05) is 50.4 Å². The second-order valence-electron chi connectivity index (χ2n) is 9.25. The van der Waals surface area contributed by atoms with Crippen LogP contribution in [0.5, 0.6) is 0 Å². The summed E-state index contributed by atoms with van der Waals surface area (Å²) in [6, 6.07) is 1.81.